The van der Waals surface area contributed by atoms with E-state index < -0.39 is 0 Å². The Morgan fingerprint density at radius 3 is 2.68 bits per heavy atom. The number of nitrogens with one attached hydrogen (secondary N) is 1. The van der Waals surface area contributed by atoms with Crippen LogP contribution in [-0.2, 0) is 0 Å². The summed E-state index contributed by atoms with van der Waals surface area (Å²) in [6, 6.07) is 15.2. The molecule has 0 atom stereocenters. The summed E-state index contributed by atoms with van der Waals surface area (Å²) in [6.45, 7) is 2.05. The molecule has 0 spiro atoms. The van der Waals surface area contributed by atoms with Gasteiger partial charge in [-0.15, -0.1) is 11.3 Å². The molecule has 0 aliphatic rings. The number of carbonyl (C=O) groups excluding carboxylic acids is 1. The Hall–Kier alpha value is -2.63. The van der Waals surface area contributed by atoms with E-state index in [1.54, 1.807) is 12.1 Å². The van der Waals surface area contributed by atoms with Crippen LogP contribution in [0.2, 0.25) is 4.34 Å². The summed E-state index contributed by atoms with van der Waals surface area (Å²) in [6.07, 6.45) is 4.00. The van der Waals surface area contributed by atoms with Gasteiger partial charge in [-0.3, -0.25) is 4.79 Å². The van der Waals surface area contributed by atoms with Gasteiger partial charge in [-0.05, 0) is 48.9 Å². The Kier molecular flexibility index (Phi) is 4.03. The molecule has 0 aliphatic heterocycles. The molecule has 0 radical (unpaired) electrons. The van der Waals surface area contributed by atoms with Crippen molar-refractivity contribution in [2.75, 3.05) is 5.32 Å². The van der Waals surface area contributed by atoms with Gasteiger partial charge in [-0.2, -0.15) is 0 Å². The summed E-state index contributed by atoms with van der Waals surface area (Å²) >= 11 is 7.13. The second-order valence-electron chi connectivity index (χ2n) is 5.73. The number of carbonyl (C=O) groups is 1. The van der Waals surface area contributed by atoms with Crippen molar-refractivity contribution in [2.45, 2.75) is 6.92 Å². The Morgan fingerprint density at radius 2 is 1.96 bits per heavy atom. The Balaban J connectivity index is 1.55. The molecule has 1 amide bonds. The molecule has 1 aromatic carbocycles. The van der Waals surface area contributed by atoms with E-state index in [-0.39, 0.29) is 5.91 Å². The number of amides is 1. The number of halogens is 1. The van der Waals surface area contributed by atoms with Gasteiger partial charge in [0.2, 0.25) is 0 Å². The number of rotatable bonds is 3. The summed E-state index contributed by atoms with van der Waals surface area (Å²) in [7, 11) is 0. The first-order valence-corrected chi connectivity index (χ1v) is 8.90. The van der Waals surface area contributed by atoms with Crippen molar-refractivity contribution in [3.8, 4) is 11.3 Å². The Labute approximate surface area is 153 Å². The zero-order valence-electron chi connectivity index (χ0n) is 13.4. The Bertz CT molecular complexity index is 1070. The van der Waals surface area contributed by atoms with Crippen LogP contribution in [0.4, 0.5) is 5.69 Å². The molecular weight excluding hydrogens is 354 g/mol. The molecule has 3 aromatic heterocycles. The van der Waals surface area contributed by atoms with Crippen LogP contribution in [0.5, 0.6) is 0 Å². The molecule has 4 rings (SSSR count). The fraction of sp³-hybridized carbons (Fsp3) is 0.0526. The number of hydrogen-bond acceptors (Lipinski definition) is 3. The fourth-order valence-corrected chi connectivity index (χ4v) is 3.51. The van der Waals surface area contributed by atoms with Gasteiger partial charge in [0.05, 0.1) is 14.9 Å². The number of pyridine rings is 1. The van der Waals surface area contributed by atoms with E-state index in [9.17, 15) is 4.79 Å². The molecule has 0 saturated heterocycles. The van der Waals surface area contributed by atoms with Crippen molar-refractivity contribution in [3.63, 3.8) is 0 Å². The monoisotopic (exact) mass is 367 g/mol. The van der Waals surface area contributed by atoms with Crippen LogP contribution in [0, 0.1) is 6.92 Å². The SMILES string of the molecule is Cc1ccn2cc(-c3ccc(NC(=O)c4ccc(Cl)s4)cc3)nc2c1. The summed E-state index contributed by atoms with van der Waals surface area (Å²) in [5.74, 6) is -0.159. The van der Waals surface area contributed by atoms with Crippen LogP contribution in [0.3, 0.4) is 0 Å². The predicted octanol–water partition coefficient (Wildman–Crippen LogP) is 5.28. The fourth-order valence-electron chi connectivity index (χ4n) is 2.58. The minimum atomic E-state index is -0.159. The highest BCUT2D eigenvalue weighted by molar-refractivity contribution is 7.18. The number of benzene rings is 1. The minimum absolute atomic E-state index is 0.159. The van der Waals surface area contributed by atoms with Gasteiger partial charge in [0.25, 0.3) is 5.91 Å². The predicted molar refractivity (Wildman–Crippen MR) is 103 cm³/mol. The number of anilines is 1. The van der Waals surface area contributed by atoms with E-state index in [0.29, 0.717) is 9.21 Å². The van der Waals surface area contributed by atoms with Crippen LogP contribution in [0.1, 0.15) is 15.2 Å². The molecule has 0 aliphatic carbocycles. The second-order valence-corrected chi connectivity index (χ2v) is 7.45. The number of nitrogens with zero attached hydrogens (tertiary/aromatic N) is 2. The first-order chi connectivity index (χ1) is 12.1. The molecule has 4 aromatic rings. The van der Waals surface area contributed by atoms with Gasteiger partial charge in [0.1, 0.15) is 5.65 Å². The van der Waals surface area contributed by atoms with Crippen molar-refractivity contribution < 1.29 is 4.79 Å². The van der Waals surface area contributed by atoms with Crippen LogP contribution < -0.4 is 5.32 Å². The zero-order valence-corrected chi connectivity index (χ0v) is 14.9. The van der Waals surface area contributed by atoms with Gasteiger partial charge in [0.15, 0.2) is 0 Å². The van der Waals surface area contributed by atoms with E-state index >= 15 is 0 Å². The number of thiophene rings is 1. The average Bonchev–Trinajstić information content (AvgIpc) is 3.21. The third-order valence-electron chi connectivity index (χ3n) is 3.85. The Morgan fingerprint density at radius 1 is 1.16 bits per heavy atom. The zero-order chi connectivity index (χ0) is 17.4. The summed E-state index contributed by atoms with van der Waals surface area (Å²) in [5, 5.41) is 2.87. The standard InChI is InChI=1S/C19H14ClN3OS/c1-12-8-9-23-11-15(22-18(23)10-12)13-2-4-14(5-3-13)21-19(24)16-6-7-17(20)25-16/h2-11H,1H3,(H,21,24). The second kappa shape index (κ2) is 6.35. The highest BCUT2D eigenvalue weighted by atomic mass is 35.5. The lowest BCUT2D eigenvalue weighted by atomic mass is 10.1. The molecule has 0 bridgehead atoms. The highest BCUT2D eigenvalue weighted by Gasteiger charge is 2.10. The quantitative estimate of drug-likeness (QED) is 0.535. The van der Waals surface area contributed by atoms with Crippen LogP contribution in [-0.4, -0.2) is 15.3 Å². The normalized spacial score (nSPS) is 11.0. The molecule has 4 nitrogen and oxygen atoms in total. The third kappa shape index (κ3) is 3.29. The van der Waals surface area contributed by atoms with E-state index in [1.807, 2.05) is 60.1 Å². The van der Waals surface area contributed by atoms with Crippen LogP contribution in [0.15, 0.2) is 60.9 Å². The first-order valence-electron chi connectivity index (χ1n) is 7.71. The van der Waals surface area contributed by atoms with Gasteiger partial charge in [-0.25, -0.2) is 4.98 Å². The molecule has 124 valence electrons. The average molecular weight is 368 g/mol. The molecule has 6 heteroatoms. The van der Waals surface area contributed by atoms with E-state index in [4.69, 9.17) is 11.6 Å². The highest BCUT2D eigenvalue weighted by Crippen LogP contribution is 2.24. The molecular formula is C19H14ClN3OS. The number of aryl methyl sites for hydroxylation is 1. The van der Waals surface area contributed by atoms with E-state index in [0.717, 1.165) is 22.6 Å². The number of aromatic nitrogens is 2. The lowest BCUT2D eigenvalue weighted by molar-refractivity contribution is 0.103. The first kappa shape index (κ1) is 15.9. The minimum Gasteiger partial charge on any atom is -0.321 e. The molecule has 0 saturated carbocycles. The summed E-state index contributed by atoms with van der Waals surface area (Å²) in [4.78, 5) is 17.4. The number of imidazole rings is 1. The molecule has 25 heavy (non-hydrogen) atoms. The topological polar surface area (TPSA) is 46.4 Å². The molecule has 1 N–H and O–H groups in total. The van der Waals surface area contributed by atoms with Crippen molar-refractivity contribution >= 4 is 40.2 Å². The maximum absolute atomic E-state index is 12.2. The maximum atomic E-state index is 12.2. The van der Waals surface area contributed by atoms with Crippen molar-refractivity contribution in [3.05, 3.63) is 75.7 Å². The largest absolute Gasteiger partial charge is 0.321 e. The number of fused-ring (bicyclic) bond motifs is 1. The van der Waals surface area contributed by atoms with Crippen molar-refractivity contribution in [2.24, 2.45) is 0 Å². The van der Waals surface area contributed by atoms with E-state index in [1.165, 1.54) is 16.9 Å². The van der Waals surface area contributed by atoms with Crippen LogP contribution >= 0.6 is 22.9 Å². The summed E-state index contributed by atoms with van der Waals surface area (Å²) < 4.78 is 2.60. The van der Waals surface area contributed by atoms with E-state index in [2.05, 4.69) is 10.3 Å². The van der Waals surface area contributed by atoms with Gasteiger partial charge in [0, 0.05) is 23.6 Å². The molecule has 3 heterocycles. The molecule has 0 unspecified atom stereocenters. The maximum Gasteiger partial charge on any atom is 0.265 e. The summed E-state index contributed by atoms with van der Waals surface area (Å²) in [5.41, 5.74) is 4.73. The van der Waals surface area contributed by atoms with Gasteiger partial charge in [-0.1, -0.05) is 23.7 Å². The van der Waals surface area contributed by atoms with Gasteiger partial charge < -0.3 is 9.72 Å². The lowest BCUT2D eigenvalue weighted by Crippen LogP contribution is -2.09. The van der Waals surface area contributed by atoms with Crippen LogP contribution in [0.25, 0.3) is 16.9 Å². The van der Waals surface area contributed by atoms with Crippen molar-refractivity contribution in [1.29, 1.82) is 0 Å². The van der Waals surface area contributed by atoms with Crippen molar-refractivity contribution in [1.82, 2.24) is 9.38 Å². The number of hydrogen-bond donors (Lipinski definition) is 1. The third-order valence-corrected chi connectivity index (χ3v) is 5.08. The lowest BCUT2D eigenvalue weighted by Gasteiger charge is -2.04. The van der Waals surface area contributed by atoms with Gasteiger partial charge >= 0.3 is 0 Å². The molecule has 0 fully saturated rings. The smallest absolute Gasteiger partial charge is 0.265 e.